The largest absolute Gasteiger partial charge is 0.491 e. The molecule has 0 unspecified atom stereocenters. The van der Waals surface area contributed by atoms with Gasteiger partial charge in [-0.3, -0.25) is 0 Å². The fourth-order valence-corrected chi connectivity index (χ4v) is 2.12. The quantitative estimate of drug-likeness (QED) is 0.553. The molecule has 0 amide bonds. The van der Waals surface area contributed by atoms with Crippen LogP contribution in [0.4, 0.5) is 13.2 Å². The number of aromatic nitrogens is 3. The number of rotatable bonds is 6. The second-order valence-corrected chi connectivity index (χ2v) is 6.26. The summed E-state index contributed by atoms with van der Waals surface area (Å²) in [5.41, 5.74) is -0.708. The molecule has 0 saturated heterocycles. The standard InChI is InChI=1S/C18H20F3N3O3/c1-11(2)26-15-8-13(7-14(9-15)18(19,20)21)17-22-10-24(23-17)6-5-16(25)27-12(3)4/h5-12H,1-4H3. The molecule has 0 atom stereocenters. The Balaban J connectivity index is 2.31. The van der Waals surface area contributed by atoms with Gasteiger partial charge >= 0.3 is 12.1 Å². The van der Waals surface area contributed by atoms with Crippen LogP contribution in [0.25, 0.3) is 17.6 Å². The molecule has 1 heterocycles. The molecule has 0 saturated carbocycles. The smallest absolute Gasteiger partial charge is 0.416 e. The summed E-state index contributed by atoms with van der Waals surface area (Å²) in [5, 5.41) is 4.06. The Morgan fingerprint density at radius 3 is 2.44 bits per heavy atom. The minimum Gasteiger partial charge on any atom is -0.491 e. The highest BCUT2D eigenvalue weighted by molar-refractivity contribution is 5.85. The van der Waals surface area contributed by atoms with Crippen LogP contribution in [0, 0.1) is 0 Å². The highest BCUT2D eigenvalue weighted by Gasteiger charge is 2.32. The van der Waals surface area contributed by atoms with Gasteiger partial charge in [-0.25, -0.2) is 14.5 Å². The Morgan fingerprint density at radius 2 is 1.85 bits per heavy atom. The first-order chi connectivity index (χ1) is 12.5. The minimum absolute atomic E-state index is 0.0663. The van der Waals surface area contributed by atoms with Crippen molar-refractivity contribution >= 4 is 12.2 Å². The average molecular weight is 383 g/mol. The van der Waals surface area contributed by atoms with E-state index >= 15 is 0 Å². The van der Waals surface area contributed by atoms with E-state index in [0.717, 1.165) is 18.2 Å². The van der Waals surface area contributed by atoms with Crippen LogP contribution in [-0.4, -0.2) is 32.9 Å². The van der Waals surface area contributed by atoms with Gasteiger partial charge in [0.25, 0.3) is 0 Å². The van der Waals surface area contributed by atoms with Crippen LogP contribution in [-0.2, 0) is 15.7 Å². The van der Waals surface area contributed by atoms with Gasteiger partial charge in [0.05, 0.1) is 17.8 Å². The number of hydrogen-bond acceptors (Lipinski definition) is 5. The average Bonchev–Trinajstić information content (AvgIpc) is 2.99. The van der Waals surface area contributed by atoms with Gasteiger partial charge in [0.15, 0.2) is 5.82 Å². The van der Waals surface area contributed by atoms with Crippen molar-refractivity contribution in [2.45, 2.75) is 46.1 Å². The molecular formula is C18H20F3N3O3. The first-order valence-corrected chi connectivity index (χ1v) is 8.24. The minimum atomic E-state index is -4.53. The molecule has 27 heavy (non-hydrogen) atoms. The predicted molar refractivity (Wildman–Crippen MR) is 92.8 cm³/mol. The molecule has 0 aliphatic heterocycles. The van der Waals surface area contributed by atoms with Crippen molar-refractivity contribution in [3.8, 4) is 17.1 Å². The third-order valence-electron chi connectivity index (χ3n) is 3.09. The maximum absolute atomic E-state index is 13.2. The Morgan fingerprint density at radius 1 is 1.15 bits per heavy atom. The molecule has 146 valence electrons. The van der Waals surface area contributed by atoms with Gasteiger partial charge in [-0.2, -0.15) is 13.2 Å². The van der Waals surface area contributed by atoms with Crippen molar-refractivity contribution in [3.63, 3.8) is 0 Å². The fraction of sp³-hybridized carbons (Fsp3) is 0.389. The second kappa shape index (κ2) is 8.24. The number of benzene rings is 1. The molecule has 9 heteroatoms. The Labute approximate surface area is 154 Å². The van der Waals surface area contributed by atoms with Crippen LogP contribution in [0.3, 0.4) is 0 Å². The lowest BCUT2D eigenvalue weighted by molar-refractivity contribution is -0.141. The van der Waals surface area contributed by atoms with Gasteiger partial charge in [-0.05, 0) is 45.9 Å². The highest BCUT2D eigenvalue weighted by atomic mass is 19.4. The summed E-state index contributed by atoms with van der Waals surface area (Å²) >= 11 is 0. The van der Waals surface area contributed by atoms with Crippen molar-refractivity contribution in [2.24, 2.45) is 0 Å². The number of nitrogens with zero attached hydrogens (tertiary/aromatic N) is 3. The first kappa shape index (κ1) is 20.5. The summed E-state index contributed by atoms with van der Waals surface area (Å²) in [7, 11) is 0. The van der Waals surface area contributed by atoms with E-state index in [9.17, 15) is 18.0 Å². The Bertz CT molecular complexity index is 827. The highest BCUT2D eigenvalue weighted by Crippen LogP contribution is 2.35. The molecule has 0 spiro atoms. The topological polar surface area (TPSA) is 66.2 Å². The summed E-state index contributed by atoms with van der Waals surface area (Å²) in [4.78, 5) is 15.5. The fourth-order valence-electron chi connectivity index (χ4n) is 2.12. The SMILES string of the molecule is CC(C)OC(=O)C=Cn1cnc(-c2cc(OC(C)C)cc(C(F)(F)F)c2)n1. The van der Waals surface area contributed by atoms with Crippen LogP contribution in [0.2, 0.25) is 0 Å². The van der Waals surface area contributed by atoms with Crippen molar-refractivity contribution in [1.82, 2.24) is 14.8 Å². The normalized spacial score (nSPS) is 12.2. The van der Waals surface area contributed by atoms with E-state index in [1.54, 1.807) is 27.7 Å². The zero-order valence-electron chi connectivity index (χ0n) is 15.3. The molecule has 1 aromatic carbocycles. The number of alkyl halides is 3. The zero-order chi connectivity index (χ0) is 20.2. The van der Waals surface area contributed by atoms with Crippen molar-refractivity contribution in [3.05, 3.63) is 36.2 Å². The predicted octanol–water partition coefficient (Wildman–Crippen LogP) is 4.17. The zero-order valence-corrected chi connectivity index (χ0v) is 15.3. The number of carbonyl (C=O) groups is 1. The number of hydrogen-bond donors (Lipinski definition) is 0. The van der Waals surface area contributed by atoms with E-state index < -0.39 is 17.7 Å². The van der Waals surface area contributed by atoms with E-state index in [1.165, 1.54) is 23.3 Å². The number of esters is 1. The van der Waals surface area contributed by atoms with E-state index in [2.05, 4.69) is 10.1 Å². The lowest BCUT2D eigenvalue weighted by Crippen LogP contribution is -2.09. The summed E-state index contributed by atoms with van der Waals surface area (Å²) in [6, 6.07) is 3.32. The summed E-state index contributed by atoms with van der Waals surface area (Å²) in [6.45, 7) is 6.86. The summed E-state index contributed by atoms with van der Waals surface area (Å²) in [6.07, 6.45) is -1.36. The molecule has 0 bridgehead atoms. The molecule has 0 N–H and O–H groups in total. The van der Waals surface area contributed by atoms with Gasteiger partial charge in [-0.15, -0.1) is 5.10 Å². The monoisotopic (exact) mass is 383 g/mol. The molecule has 0 aliphatic carbocycles. The molecule has 6 nitrogen and oxygen atoms in total. The van der Waals surface area contributed by atoms with Gasteiger partial charge in [0.2, 0.25) is 0 Å². The van der Waals surface area contributed by atoms with Crippen LogP contribution in [0.1, 0.15) is 33.3 Å². The van der Waals surface area contributed by atoms with E-state index in [4.69, 9.17) is 9.47 Å². The number of halogens is 3. The molecule has 0 fully saturated rings. The van der Waals surface area contributed by atoms with E-state index in [-0.39, 0.29) is 29.3 Å². The lowest BCUT2D eigenvalue weighted by atomic mass is 10.1. The van der Waals surface area contributed by atoms with E-state index in [0.29, 0.717) is 0 Å². The van der Waals surface area contributed by atoms with Crippen molar-refractivity contribution in [1.29, 1.82) is 0 Å². The van der Waals surface area contributed by atoms with Crippen LogP contribution < -0.4 is 4.74 Å². The van der Waals surface area contributed by atoms with E-state index in [1.807, 2.05) is 0 Å². The third-order valence-corrected chi connectivity index (χ3v) is 3.09. The maximum Gasteiger partial charge on any atom is 0.416 e. The number of carbonyl (C=O) groups excluding carboxylic acids is 1. The molecule has 2 rings (SSSR count). The van der Waals surface area contributed by atoms with Gasteiger partial charge in [-0.1, -0.05) is 0 Å². The first-order valence-electron chi connectivity index (χ1n) is 8.24. The second-order valence-electron chi connectivity index (χ2n) is 6.26. The van der Waals surface area contributed by atoms with Crippen LogP contribution in [0.15, 0.2) is 30.6 Å². The molecule has 0 aliphatic rings. The molecule has 1 aromatic heterocycles. The summed E-state index contributed by atoms with van der Waals surface area (Å²) < 4.78 is 51.0. The van der Waals surface area contributed by atoms with Crippen molar-refractivity contribution in [2.75, 3.05) is 0 Å². The molecular weight excluding hydrogens is 363 g/mol. The maximum atomic E-state index is 13.2. The Kier molecular flexibility index (Phi) is 6.24. The molecule has 0 radical (unpaired) electrons. The van der Waals surface area contributed by atoms with Gasteiger partial charge < -0.3 is 9.47 Å². The van der Waals surface area contributed by atoms with Crippen molar-refractivity contribution < 1.29 is 27.4 Å². The Hall–Kier alpha value is -2.84. The molecule has 2 aromatic rings. The van der Waals surface area contributed by atoms with Crippen LogP contribution >= 0.6 is 0 Å². The van der Waals surface area contributed by atoms with Gasteiger partial charge in [0.1, 0.15) is 12.1 Å². The third kappa shape index (κ3) is 6.12. The lowest BCUT2D eigenvalue weighted by Gasteiger charge is -2.14. The van der Waals surface area contributed by atoms with Crippen LogP contribution in [0.5, 0.6) is 5.75 Å². The number of ether oxygens (including phenoxy) is 2. The van der Waals surface area contributed by atoms with Gasteiger partial charge in [0, 0.05) is 17.8 Å². The summed E-state index contributed by atoms with van der Waals surface area (Å²) in [5.74, 6) is -0.424.